The molecule has 2 rings (SSSR count). The maximum absolute atomic E-state index is 13.4. The highest BCUT2D eigenvalue weighted by molar-refractivity contribution is 6.00. The third kappa shape index (κ3) is 9.48. The third-order valence-electron chi connectivity index (χ3n) is 6.48. The summed E-state index contributed by atoms with van der Waals surface area (Å²) in [6, 6.07) is 10.9. The summed E-state index contributed by atoms with van der Waals surface area (Å²) in [5.74, 6) is -0.394. The van der Waals surface area contributed by atoms with Gasteiger partial charge in [-0.05, 0) is 74.1 Å². The van der Waals surface area contributed by atoms with Crippen LogP contribution in [0.1, 0.15) is 91.1 Å². The van der Waals surface area contributed by atoms with Crippen molar-refractivity contribution in [1.82, 2.24) is 10.2 Å². The van der Waals surface area contributed by atoms with Crippen molar-refractivity contribution < 1.29 is 24.9 Å². The average Bonchev–Trinajstić information content (AvgIpc) is 2.88. The van der Waals surface area contributed by atoms with Gasteiger partial charge in [0.05, 0.1) is 12.1 Å². The Hall–Kier alpha value is -2.90. The normalized spacial score (nSPS) is 13.6. The lowest BCUT2D eigenvalue weighted by molar-refractivity contribution is -0.00830. The van der Waals surface area contributed by atoms with Crippen LogP contribution in [0.4, 0.5) is 0 Å². The van der Waals surface area contributed by atoms with E-state index in [0.717, 1.165) is 43.2 Å². The molecule has 37 heavy (non-hydrogen) atoms. The quantitative estimate of drug-likeness (QED) is 0.261. The highest BCUT2D eigenvalue weighted by Gasteiger charge is 2.28. The molecule has 0 aliphatic carbocycles. The molecule has 7 heteroatoms. The summed E-state index contributed by atoms with van der Waals surface area (Å²) < 4.78 is 0. The van der Waals surface area contributed by atoms with Crippen molar-refractivity contribution >= 4 is 11.8 Å². The number of phenols is 1. The minimum absolute atomic E-state index is 0.103. The number of aliphatic hydroxyl groups is 2. The number of phenolic OH excluding ortho intramolecular Hbond substituents is 1. The molecule has 3 atom stereocenters. The topological polar surface area (TPSA) is 110 Å². The highest BCUT2D eigenvalue weighted by Crippen LogP contribution is 2.18. The van der Waals surface area contributed by atoms with Gasteiger partial charge in [-0.15, -0.1) is 0 Å². The zero-order valence-electron chi connectivity index (χ0n) is 22.7. The lowest BCUT2D eigenvalue weighted by Gasteiger charge is -2.28. The maximum Gasteiger partial charge on any atom is 0.253 e. The van der Waals surface area contributed by atoms with E-state index in [1.54, 1.807) is 47.4 Å². The summed E-state index contributed by atoms with van der Waals surface area (Å²) in [6.07, 6.45) is 2.98. The van der Waals surface area contributed by atoms with Crippen LogP contribution in [0, 0.1) is 6.92 Å². The number of nitrogens with one attached hydrogen (secondary N) is 1. The fraction of sp³-hybridized carbons (Fsp3) is 0.533. The number of hydrogen-bond acceptors (Lipinski definition) is 5. The number of aliphatic hydroxyl groups excluding tert-OH is 2. The number of aryl methyl sites for hydroxylation is 1. The summed E-state index contributed by atoms with van der Waals surface area (Å²) in [6.45, 7) is 9.28. The van der Waals surface area contributed by atoms with Gasteiger partial charge in [-0.1, -0.05) is 52.2 Å². The van der Waals surface area contributed by atoms with Gasteiger partial charge < -0.3 is 25.5 Å². The molecule has 0 bridgehead atoms. The monoisotopic (exact) mass is 512 g/mol. The van der Waals surface area contributed by atoms with Gasteiger partial charge in [0.25, 0.3) is 11.8 Å². The van der Waals surface area contributed by atoms with Crippen molar-refractivity contribution in [2.24, 2.45) is 0 Å². The Morgan fingerprint density at radius 1 is 0.892 bits per heavy atom. The summed E-state index contributed by atoms with van der Waals surface area (Å²) in [5, 5.41) is 34.2. The zero-order valence-corrected chi connectivity index (χ0v) is 22.7. The molecule has 0 aliphatic heterocycles. The van der Waals surface area contributed by atoms with Gasteiger partial charge in [-0.2, -0.15) is 0 Å². The second-order valence-corrected chi connectivity index (χ2v) is 9.88. The standard InChI is InChI=1S/C30H44N2O5/c1-5-8-9-10-27(34)28(35)26(19-22-11-13-25(33)14-12-22)31-29(36)23-17-21(4)18-24(20-23)30(37)32(15-6-2)16-7-3/h11-14,17-18,20,26-28,33-35H,5-10,15-16,19H2,1-4H3,(H,31,36). The molecule has 0 saturated heterocycles. The molecule has 0 heterocycles. The van der Waals surface area contributed by atoms with Crippen LogP contribution >= 0.6 is 0 Å². The average molecular weight is 513 g/mol. The van der Waals surface area contributed by atoms with E-state index < -0.39 is 24.2 Å². The van der Waals surface area contributed by atoms with Gasteiger partial charge in [0.15, 0.2) is 0 Å². The Kier molecular flexibility index (Phi) is 12.6. The van der Waals surface area contributed by atoms with Gasteiger partial charge >= 0.3 is 0 Å². The molecule has 3 unspecified atom stereocenters. The molecule has 0 fully saturated rings. The van der Waals surface area contributed by atoms with E-state index in [2.05, 4.69) is 12.2 Å². The van der Waals surface area contributed by atoms with Crippen molar-refractivity contribution in [3.05, 3.63) is 64.7 Å². The first-order valence-electron chi connectivity index (χ1n) is 13.6. The molecule has 2 amide bonds. The Balaban J connectivity index is 2.28. The number of aromatic hydroxyl groups is 1. The van der Waals surface area contributed by atoms with E-state index in [9.17, 15) is 24.9 Å². The van der Waals surface area contributed by atoms with E-state index in [4.69, 9.17) is 0 Å². The van der Waals surface area contributed by atoms with Crippen molar-refractivity contribution in [3.8, 4) is 5.75 Å². The number of rotatable bonds is 15. The Morgan fingerprint density at radius 3 is 2.11 bits per heavy atom. The molecule has 204 valence electrons. The van der Waals surface area contributed by atoms with Crippen LogP contribution in [-0.4, -0.2) is 63.4 Å². The van der Waals surface area contributed by atoms with Crippen LogP contribution < -0.4 is 5.32 Å². The lowest BCUT2D eigenvalue weighted by atomic mass is 9.94. The first kappa shape index (κ1) is 30.3. The van der Waals surface area contributed by atoms with E-state index in [1.807, 2.05) is 20.8 Å². The van der Waals surface area contributed by atoms with Gasteiger partial charge in [-0.25, -0.2) is 0 Å². The van der Waals surface area contributed by atoms with E-state index in [0.29, 0.717) is 30.6 Å². The Morgan fingerprint density at radius 2 is 1.51 bits per heavy atom. The van der Waals surface area contributed by atoms with Crippen molar-refractivity contribution in [1.29, 1.82) is 0 Å². The molecule has 0 spiro atoms. The molecule has 2 aromatic rings. The van der Waals surface area contributed by atoms with Gasteiger partial charge in [0.1, 0.15) is 11.9 Å². The molecule has 4 N–H and O–H groups in total. The number of benzene rings is 2. The predicted octanol–water partition coefficient (Wildman–Crippen LogP) is 4.61. The first-order valence-corrected chi connectivity index (χ1v) is 13.6. The lowest BCUT2D eigenvalue weighted by Crippen LogP contribution is -2.49. The first-order chi connectivity index (χ1) is 17.7. The minimum atomic E-state index is -1.18. The molecule has 0 aliphatic rings. The van der Waals surface area contributed by atoms with Crippen LogP contribution in [0.15, 0.2) is 42.5 Å². The molecule has 0 aromatic heterocycles. The van der Waals surface area contributed by atoms with Crippen LogP contribution in [-0.2, 0) is 6.42 Å². The molecule has 7 nitrogen and oxygen atoms in total. The minimum Gasteiger partial charge on any atom is -0.508 e. The zero-order chi connectivity index (χ0) is 27.4. The maximum atomic E-state index is 13.4. The number of unbranched alkanes of at least 4 members (excludes halogenated alkanes) is 2. The Bertz CT molecular complexity index is 986. The van der Waals surface area contributed by atoms with Crippen molar-refractivity contribution in [2.75, 3.05) is 13.1 Å². The Labute approximate surface area is 221 Å². The van der Waals surface area contributed by atoms with Crippen LogP contribution in [0.2, 0.25) is 0 Å². The van der Waals surface area contributed by atoms with Crippen LogP contribution in [0.25, 0.3) is 0 Å². The molecular formula is C30H44N2O5. The highest BCUT2D eigenvalue weighted by atomic mass is 16.3. The van der Waals surface area contributed by atoms with Crippen LogP contribution in [0.3, 0.4) is 0 Å². The second kappa shape index (κ2) is 15.4. The largest absolute Gasteiger partial charge is 0.508 e. The van der Waals surface area contributed by atoms with E-state index in [1.165, 1.54) is 0 Å². The molecule has 0 saturated carbocycles. The number of carbonyl (C=O) groups excluding carboxylic acids is 2. The molecule has 0 radical (unpaired) electrons. The van der Waals surface area contributed by atoms with Gasteiger partial charge in [0.2, 0.25) is 0 Å². The molecular weight excluding hydrogens is 468 g/mol. The third-order valence-corrected chi connectivity index (χ3v) is 6.48. The van der Waals surface area contributed by atoms with Crippen LogP contribution in [0.5, 0.6) is 5.75 Å². The smallest absolute Gasteiger partial charge is 0.253 e. The predicted molar refractivity (Wildman–Crippen MR) is 147 cm³/mol. The fourth-order valence-corrected chi connectivity index (χ4v) is 4.51. The fourth-order valence-electron chi connectivity index (χ4n) is 4.51. The van der Waals surface area contributed by atoms with Crippen molar-refractivity contribution in [3.63, 3.8) is 0 Å². The number of nitrogens with zero attached hydrogens (tertiary/aromatic N) is 1. The number of carbonyl (C=O) groups is 2. The van der Waals surface area contributed by atoms with Gasteiger partial charge in [0, 0.05) is 24.2 Å². The molecule has 2 aromatic carbocycles. The van der Waals surface area contributed by atoms with E-state index >= 15 is 0 Å². The van der Waals surface area contributed by atoms with Crippen molar-refractivity contribution in [2.45, 2.75) is 90.9 Å². The summed E-state index contributed by atoms with van der Waals surface area (Å²) in [5.41, 5.74) is 2.39. The number of amides is 2. The van der Waals surface area contributed by atoms with E-state index in [-0.39, 0.29) is 18.1 Å². The second-order valence-electron chi connectivity index (χ2n) is 9.88. The SMILES string of the molecule is CCCCCC(O)C(O)C(Cc1ccc(O)cc1)NC(=O)c1cc(C)cc(C(=O)N(CCC)CCC)c1. The summed E-state index contributed by atoms with van der Waals surface area (Å²) in [7, 11) is 0. The number of hydrogen-bond donors (Lipinski definition) is 4. The summed E-state index contributed by atoms with van der Waals surface area (Å²) in [4.78, 5) is 28.3. The summed E-state index contributed by atoms with van der Waals surface area (Å²) >= 11 is 0. The van der Waals surface area contributed by atoms with Gasteiger partial charge in [-0.3, -0.25) is 9.59 Å².